The van der Waals surface area contributed by atoms with Crippen LogP contribution in [0.15, 0.2) is 54.9 Å². The van der Waals surface area contributed by atoms with Crippen LogP contribution in [0.1, 0.15) is 49.4 Å². The molecule has 6 rings (SSSR count). The SMILES string of the molecule is CCN1CCC2(CCCN(c3c(/C=C(\F)c4cncc(N5CC(F)(F)C5)n4)ccc(Oc4ccccc4)c3C(F)(F)F)C2)CC1. The molecule has 0 amide bonds. The van der Waals surface area contributed by atoms with Gasteiger partial charge in [-0.2, -0.15) is 13.2 Å². The highest BCUT2D eigenvalue weighted by Crippen LogP contribution is 2.49. The van der Waals surface area contributed by atoms with Gasteiger partial charge in [0.25, 0.3) is 5.92 Å². The van der Waals surface area contributed by atoms with Gasteiger partial charge in [0, 0.05) is 18.7 Å². The predicted molar refractivity (Wildman–Crippen MR) is 161 cm³/mol. The largest absolute Gasteiger partial charge is 0.457 e. The van der Waals surface area contributed by atoms with Gasteiger partial charge in [0.15, 0.2) is 5.83 Å². The van der Waals surface area contributed by atoms with Crippen LogP contribution in [0.4, 0.5) is 37.8 Å². The second-order valence-electron chi connectivity index (χ2n) is 12.2. The number of benzene rings is 2. The van der Waals surface area contributed by atoms with Crippen LogP contribution in [0.2, 0.25) is 0 Å². The first-order valence-electron chi connectivity index (χ1n) is 15.2. The molecule has 0 aliphatic carbocycles. The van der Waals surface area contributed by atoms with Gasteiger partial charge in [0.1, 0.15) is 28.6 Å². The molecule has 1 aromatic heterocycles. The van der Waals surface area contributed by atoms with Crippen molar-refractivity contribution < 1.29 is 31.1 Å². The highest BCUT2D eigenvalue weighted by molar-refractivity contribution is 5.84. The summed E-state index contributed by atoms with van der Waals surface area (Å²) in [5.74, 6) is -3.85. The minimum atomic E-state index is -4.82. The Bertz CT molecular complexity index is 1530. The Balaban J connectivity index is 1.42. The number of hydrogen-bond donors (Lipinski definition) is 0. The van der Waals surface area contributed by atoms with Gasteiger partial charge in [0.2, 0.25) is 0 Å². The van der Waals surface area contributed by atoms with E-state index < -0.39 is 36.6 Å². The van der Waals surface area contributed by atoms with Crippen molar-refractivity contribution in [2.45, 2.75) is 44.7 Å². The normalized spacial score (nSPS) is 20.3. The van der Waals surface area contributed by atoms with Crippen LogP contribution in [-0.2, 0) is 6.18 Å². The molecule has 12 heteroatoms. The highest BCUT2D eigenvalue weighted by atomic mass is 19.4. The summed E-state index contributed by atoms with van der Waals surface area (Å²) in [6.45, 7) is 4.44. The molecular formula is C33H35F6N5O. The van der Waals surface area contributed by atoms with Gasteiger partial charge in [-0.1, -0.05) is 25.1 Å². The Hall–Kier alpha value is -3.80. The number of aromatic nitrogens is 2. The molecule has 3 fully saturated rings. The second-order valence-corrected chi connectivity index (χ2v) is 12.2. The smallest absolute Gasteiger partial charge is 0.422 e. The molecule has 0 bridgehead atoms. The lowest BCUT2D eigenvalue weighted by molar-refractivity contribution is -0.138. The van der Waals surface area contributed by atoms with Crippen molar-refractivity contribution in [1.29, 1.82) is 0 Å². The molecule has 6 nitrogen and oxygen atoms in total. The van der Waals surface area contributed by atoms with Crippen molar-refractivity contribution in [3.05, 3.63) is 71.7 Å². The molecule has 0 N–H and O–H groups in total. The lowest BCUT2D eigenvalue weighted by atomic mass is 9.72. The molecule has 2 aromatic carbocycles. The summed E-state index contributed by atoms with van der Waals surface area (Å²) in [5, 5.41) is 0. The van der Waals surface area contributed by atoms with E-state index in [-0.39, 0.29) is 39.7 Å². The van der Waals surface area contributed by atoms with Gasteiger partial charge < -0.3 is 19.4 Å². The number of rotatable bonds is 7. The zero-order valence-corrected chi connectivity index (χ0v) is 25.0. The van der Waals surface area contributed by atoms with Crippen LogP contribution < -0.4 is 14.5 Å². The number of alkyl halides is 5. The molecule has 0 atom stereocenters. The molecule has 0 radical (unpaired) electrons. The highest BCUT2D eigenvalue weighted by Gasteiger charge is 2.45. The molecule has 3 aromatic rings. The third-order valence-electron chi connectivity index (χ3n) is 9.08. The first kappa shape index (κ1) is 31.2. The predicted octanol–water partition coefficient (Wildman–Crippen LogP) is 7.91. The van der Waals surface area contributed by atoms with Crippen LogP contribution in [0.25, 0.3) is 11.9 Å². The number of hydrogen-bond acceptors (Lipinski definition) is 6. The van der Waals surface area contributed by atoms with E-state index in [1.807, 2.05) is 0 Å². The molecule has 240 valence electrons. The minimum Gasteiger partial charge on any atom is -0.457 e. The summed E-state index contributed by atoms with van der Waals surface area (Å²) in [6, 6.07) is 10.9. The lowest BCUT2D eigenvalue weighted by Crippen LogP contribution is -2.56. The van der Waals surface area contributed by atoms with Crippen molar-refractivity contribution in [3.63, 3.8) is 0 Å². The second kappa shape index (κ2) is 12.2. The molecule has 0 saturated carbocycles. The topological polar surface area (TPSA) is 44.7 Å². The number of piperidine rings is 2. The van der Waals surface area contributed by atoms with Gasteiger partial charge in [-0.3, -0.25) is 4.98 Å². The zero-order valence-electron chi connectivity index (χ0n) is 25.0. The summed E-state index contributed by atoms with van der Waals surface area (Å²) in [4.78, 5) is 13.5. The Morgan fingerprint density at radius 2 is 1.67 bits per heavy atom. The van der Waals surface area contributed by atoms with Gasteiger partial charge in [0.05, 0.1) is 31.2 Å². The lowest BCUT2D eigenvalue weighted by Gasteiger charge is -2.49. The van der Waals surface area contributed by atoms with Gasteiger partial charge in [-0.15, -0.1) is 0 Å². The number of halogens is 6. The molecule has 45 heavy (non-hydrogen) atoms. The van der Waals surface area contributed by atoms with E-state index in [0.717, 1.165) is 51.2 Å². The fourth-order valence-electron chi connectivity index (χ4n) is 6.68. The fourth-order valence-corrected chi connectivity index (χ4v) is 6.68. The first-order chi connectivity index (χ1) is 21.5. The van der Waals surface area contributed by atoms with Crippen molar-refractivity contribution in [1.82, 2.24) is 14.9 Å². The third-order valence-corrected chi connectivity index (χ3v) is 9.08. The average molecular weight is 632 g/mol. The monoisotopic (exact) mass is 631 g/mol. The van der Waals surface area contributed by atoms with Crippen molar-refractivity contribution in [2.75, 3.05) is 55.6 Å². The number of ether oxygens (including phenoxy) is 1. The van der Waals surface area contributed by atoms with Gasteiger partial charge in [-0.05, 0) is 81.1 Å². The standard InChI is InChI=1S/C33H35F6N5O/c1-2-42-15-12-31(13-16-42)11-6-14-43(20-31)30-23(9-10-27(29(30)33(37,38)39)45-24-7-4-3-5-8-24)17-25(34)26-18-40-19-28(41-26)44-21-32(35,36)22-44/h3-5,7-10,17-19H,2,6,11-16,20-22H2,1H3/b25-17-. The van der Waals surface area contributed by atoms with Gasteiger partial charge >= 0.3 is 6.18 Å². The summed E-state index contributed by atoms with van der Waals surface area (Å²) in [7, 11) is 0. The maximum atomic E-state index is 15.8. The van der Waals surface area contributed by atoms with Crippen LogP contribution in [0, 0.1) is 5.41 Å². The zero-order chi connectivity index (χ0) is 31.8. The first-order valence-corrected chi connectivity index (χ1v) is 15.2. The van der Waals surface area contributed by atoms with Crippen LogP contribution >= 0.6 is 0 Å². The average Bonchev–Trinajstić information content (AvgIpc) is 3.01. The number of para-hydroxylation sites is 1. The number of nitrogens with zero attached hydrogens (tertiary/aromatic N) is 5. The summed E-state index contributed by atoms with van der Waals surface area (Å²) >= 11 is 0. The van der Waals surface area contributed by atoms with Crippen LogP contribution in [0.5, 0.6) is 11.5 Å². The minimum absolute atomic E-state index is 0.0194. The quantitative estimate of drug-likeness (QED) is 0.247. The van der Waals surface area contributed by atoms with Crippen LogP contribution in [-0.4, -0.2) is 66.6 Å². The maximum Gasteiger partial charge on any atom is 0.422 e. The third kappa shape index (κ3) is 6.75. The Kier molecular flexibility index (Phi) is 8.45. The van der Waals surface area contributed by atoms with E-state index in [2.05, 4.69) is 21.8 Å². The van der Waals surface area contributed by atoms with E-state index in [9.17, 15) is 8.78 Å². The Labute approximate surface area is 258 Å². The van der Waals surface area contributed by atoms with Crippen molar-refractivity contribution >= 4 is 23.4 Å². The summed E-state index contributed by atoms with van der Waals surface area (Å²) in [5.41, 5.74) is -1.50. The molecular weight excluding hydrogens is 596 g/mol. The summed E-state index contributed by atoms with van der Waals surface area (Å²) < 4.78 is 93.7. The van der Waals surface area contributed by atoms with Crippen LogP contribution in [0.3, 0.4) is 0 Å². The molecule has 4 heterocycles. The number of likely N-dealkylation sites (tertiary alicyclic amines) is 1. The van der Waals surface area contributed by atoms with Gasteiger partial charge in [-0.25, -0.2) is 18.2 Å². The molecule has 3 aliphatic heterocycles. The van der Waals surface area contributed by atoms with E-state index in [1.165, 1.54) is 23.2 Å². The van der Waals surface area contributed by atoms with E-state index in [1.54, 1.807) is 35.2 Å². The van der Waals surface area contributed by atoms with Crippen molar-refractivity contribution in [3.8, 4) is 11.5 Å². The Morgan fingerprint density at radius 1 is 0.933 bits per heavy atom. The molecule has 1 spiro atoms. The van der Waals surface area contributed by atoms with E-state index in [4.69, 9.17) is 4.74 Å². The Morgan fingerprint density at radius 3 is 2.33 bits per heavy atom. The number of anilines is 2. The molecule has 0 unspecified atom stereocenters. The molecule has 3 aliphatic rings. The summed E-state index contributed by atoms with van der Waals surface area (Å²) in [6.07, 6.45) is 1.95. The van der Waals surface area contributed by atoms with Crippen molar-refractivity contribution in [2.24, 2.45) is 5.41 Å². The van der Waals surface area contributed by atoms with E-state index in [0.29, 0.717) is 19.5 Å². The molecule has 3 saturated heterocycles. The fraction of sp³-hybridized carbons (Fsp3) is 0.455. The maximum absolute atomic E-state index is 15.8. The van der Waals surface area contributed by atoms with E-state index >= 15 is 17.6 Å².